The Kier molecular flexibility index (Phi) is 6.33. The number of aliphatic carboxylic acids is 1. The van der Waals surface area contributed by atoms with Crippen molar-refractivity contribution >= 4 is 5.97 Å². The van der Waals surface area contributed by atoms with E-state index in [1.165, 1.54) is 0 Å². The van der Waals surface area contributed by atoms with Gasteiger partial charge in [0, 0.05) is 12.8 Å². The van der Waals surface area contributed by atoms with Gasteiger partial charge in [-0.2, -0.15) is 0 Å². The number of carbonyl (C=O) groups is 1. The largest absolute Gasteiger partial charge is 0.481 e. The minimum atomic E-state index is -0.879. The fraction of sp³-hybridized carbons (Fsp3) is 0.786. The van der Waals surface area contributed by atoms with E-state index in [0.717, 1.165) is 12.8 Å². The van der Waals surface area contributed by atoms with Crippen molar-refractivity contribution in [1.82, 2.24) is 0 Å². The minimum absolute atomic E-state index is 0.0146. The van der Waals surface area contributed by atoms with Gasteiger partial charge in [-0.3, -0.25) is 4.79 Å². The molecule has 0 amide bonds. The second kappa shape index (κ2) is 7.52. The first-order chi connectivity index (χ1) is 8.56. The Balaban J connectivity index is 2.29. The van der Waals surface area contributed by atoms with E-state index in [4.69, 9.17) is 5.11 Å². The van der Waals surface area contributed by atoms with Gasteiger partial charge < -0.3 is 10.2 Å². The molecule has 1 aliphatic carbocycles. The highest BCUT2D eigenvalue weighted by atomic mass is 19.1. The summed E-state index contributed by atoms with van der Waals surface area (Å²) in [7, 11) is 0. The van der Waals surface area contributed by atoms with Crippen LogP contribution in [0.5, 0.6) is 0 Å². The fourth-order valence-corrected chi connectivity index (χ4v) is 2.77. The number of alkyl halides is 1. The summed E-state index contributed by atoms with van der Waals surface area (Å²) in [6, 6.07) is 0. The zero-order valence-electron chi connectivity index (χ0n) is 10.9. The van der Waals surface area contributed by atoms with Crippen molar-refractivity contribution < 1.29 is 19.4 Å². The first kappa shape index (κ1) is 15.2. The van der Waals surface area contributed by atoms with Crippen LogP contribution in [0.15, 0.2) is 12.2 Å². The van der Waals surface area contributed by atoms with E-state index >= 15 is 0 Å². The Morgan fingerprint density at radius 2 is 2.11 bits per heavy atom. The standard InChI is InChI=1S/C14H23FO3/c1-2-10-11(13(16)9-12(10)15)7-5-3-4-6-8-14(17)18/h3,5,10-13,16H,2,4,6-9H2,1H3,(H,17,18)/b5-3+. The molecule has 4 atom stereocenters. The molecule has 0 aliphatic heterocycles. The molecule has 0 bridgehead atoms. The van der Waals surface area contributed by atoms with E-state index in [2.05, 4.69) is 0 Å². The van der Waals surface area contributed by atoms with Crippen molar-refractivity contribution in [2.75, 3.05) is 0 Å². The van der Waals surface area contributed by atoms with Crippen LogP contribution in [0.3, 0.4) is 0 Å². The van der Waals surface area contributed by atoms with E-state index in [9.17, 15) is 14.3 Å². The molecule has 4 unspecified atom stereocenters. The summed E-state index contributed by atoms with van der Waals surface area (Å²) < 4.78 is 13.6. The molecular weight excluding hydrogens is 235 g/mol. The van der Waals surface area contributed by atoms with Gasteiger partial charge in [0.05, 0.1) is 6.10 Å². The molecule has 1 fully saturated rings. The van der Waals surface area contributed by atoms with E-state index in [1.807, 2.05) is 19.1 Å². The number of allylic oxidation sites excluding steroid dienone is 2. The van der Waals surface area contributed by atoms with Crippen LogP contribution in [-0.2, 0) is 4.79 Å². The Bertz CT molecular complexity index is 291. The number of carboxylic acid groups (broad SMARTS) is 1. The summed E-state index contributed by atoms with van der Waals surface area (Å²) in [6.07, 6.45) is 5.72. The molecule has 2 N–H and O–H groups in total. The van der Waals surface area contributed by atoms with Gasteiger partial charge in [-0.1, -0.05) is 25.5 Å². The zero-order valence-corrected chi connectivity index (χ0v) is 10.9. The molecule has 3 nitrogen and oxygen atoms in total. The van der Waals surface area contributed by atoms with Gasteiger partial charge in [-0.15, -0.1) is 0 Å². The molecule has 0 saturated heterocycles. The zero-order chi connectivity index (χ0) is 13.5. The predicted octanol–water partition coefficient (Wildman–Crippen LogP) is 2.93. The monoisotopic (exact) mass is 258 g/mol. The smallest absolute Gasteiger partial charge is 0.303 e. The summed E-state index contributed by atoms with van der Waals surface area (Å²) in [5, 5.41) is 18.3. The Morgan fingerprint density at radius 1 is 1.39 bits per heavy atom. The van der Waals surface area contributed by atoms with Crippen molar-refractivity contribution in [1.29, 1.82) is 0 Å². The van der Waals surface area contributed by atoms with Crippen molar-refractivity contribution in [2.45, 2.75) is 57.7 Å². The van der Waals surface area contributed by atoms with E-state index in [0.29, 0.717) is 12.8 Å². The fourth-order valence-electron chi connectivity index (χ4n) is 2.77. The van der Waals surface area contributed by atoms with Gasteiger partial charge in [0.15, 0.2) is 0 Å². The average Bonchev–Trinajstić information content (AvgIpc) is 2.57. The van der Waals surface area contributed by atoms with Crippen molar-refractivity contribution in [2.24, 2.45) is 11.8 Å². The molecule has 0 aromatic rings. The lowest BCUT2D eigenvalue weighted by Gasteiger charge is -2.19. The third kappa shape index (κ3) is 4.41. The maximum absolute atomic E-state index is 13.6. The van der Waals surface area contributed by atoms with Gasteiger partial charge in [0.2, 0.25) is 0 Å². The molecule has 1 aliphatic rings. The highest BCUT2D eigenvalue weighted by Gasteiger charge is 2.40. The number of hydrogen-bond donors (Lipinski definition) is 2. The summed E-state index contributed by atoms with van der Waals surface area (Å²) in [5.74, 6) is -0.801. The minimum Gasteiger partial charge on any atom is -0.481 e. The number of unbranched alkanes of at least 4 members (excludes halogenated alkanes) is 1. The number of halogens is 1. The number of hydrogen-bond acceptors (Lipinski definition) is 2. The molecule has 0 radical (unpaired) electrons. The molecular formula is C14H23FO3. The number of rotatable bonds is 7. The van der Waals surface area contributed by atoms with Crippen LogP contribution in [0.1, 0.15) is 45.4 Å². The molecule has 18 heavy (non-hydrogen) atoms. The summed E-state index contributed by atoms with van der Waals surface area (Å²) in [6.45, 7) is 1.96. The van der Waals surface area contributed by atoms with Gasteiger partial charge in [-0.05, 0) is 31.1 Å². The van der Waals surface area contributed by atoms with Crippen LogP contribution in [0.25, 0.3) is 0 Å². The van der Waals surface area contributed by atoms with Gasteiger partial charge >= 0.3 is 5.97 Å². The van der Waals surface area contributed by atoms with Crippen molar-refractivity contribution in [3.8, 4) is 0 Å². The highest BCUT2D eigenvalue weighted by Crippen LogP contribution is 2.38. The molecule has 104 valence electrons. The third-order valence-corrected chi connectivity index (χ3v) is 3.78. The molecule has 0 heterocycles. The maximum Gasteiger partial charge on any atom is 0.303 e. The molecule has 4 heteroatoms. The van der Waals surface area contributed by atoms with E-state index in [-0.39, 0.29) is 24.7 Å². The second-order valence-corrected chi connectivity index (χ2v) is 5.05. The second-order valence-electron chi connectivity index (χ2n) is 5.05. The van der Waals surface area contributed by atoms with Gasteiger partial charge in [0.1, 0.15) is 6.17 Å². The molecule has 1 saturated carbocycles. The molecule has 0 aromatic carbocycles. The first-order valence-corrected chi connectivity index (χ1v) is 6.75. The quantitative estimate of drug-likeness (QED) is 0.545. The van der Waals surface area contributed by atoms with Crippen LogP contribution < -0.4 is 0 Å². The van der Waals surface area contributed by atoms with Gasteiger partial charge in [0.25, 0.3) is 0 Å². The highest BCUT2D eigenvalue weighted by molar-refractivity contribution is 5.66. The number of carboxylic acids is 1. The van der Waals surface area contributed by atoms with Crippen LogP contribution in [-0.4, -0.2) is 28.5 Å². The van der Waals surface area contributed by atoms with Gasteiger partial charge in [-0.25, -0.2) is 4.39 Å². The predicted molar refractivity (Wildman–Crippen MR) is 68.0 cm³/mol. The first-order valence-electron chi connectivity index (χ1n) is 6.75. The van der Waals surface area contributed by atoms with E-state index in [1.54, 1.807) is 0 Å². The molecule has 1 rings (SSSR count). The van der Waals surface area contributed by atoms with Crippen LogP contribution in [0, 0.1) is 11.8 Å². The molecule has 0 spiro atoms. The van der Waals surface area contributed by atoms with Crippen LogP contribution in [0.2, 0.25) is 0 Å². The van der Waals surface area contributed by atoms with Crippen LogP contribution >= 0.6 is 0 Å². The Hall–Kier alpha value is -0.900. The lowest BCUT2D eigenvalue weighted by Crippen LogP contribution is -2.19. The topological polar surface area (TPSA) is 57.5 Å². The van der Waals surface area contributed by atoms with Crippen molar-refractivity contribution in [3.63, 3.8) is 0 Å². The normalized spacial score (nSPS) is 32.2. The number of aliphatic hydroxyl groups excluding tert-OH is 1. The van der Waals surface area contributed by atoms with E-state index < -0.39 is 18.2 Å². The maximum atomic E-state index is 13.6. The third-order valence-electron chi connectivity index (χ3n) is 3.78. The van der Waals surface area contributed by atoms with Crippen molar-refractivity contribution in [3.05, 3.63) is 12.2 Å². The summed E-state index contributed by atoms with van der Waals surface area (Å²) in [4.78, 5) is 10.3. The lowest BCUT2D eigenvalue weighted by molar-refractivity contribution is -0.137. The lowest BCUT2D eigenvalue weighted by atomic mass is 9.89. The Labute approximate surface area is 108 Å². The SMILES string of the molecule is CCC1C(F)CC(O)C1C/C=C/CCCC(=O)O. The summed E-state index contributed by atoms with van der Waals surface area (Å²) in [5.41, 5.74) is 0. The van der Waals surface area contributed by atoms with Crippen LogP contribution in [0.4, 0.5) is 4.39 Å². The average molecular weight is 258 g/mol. The number of aliphatic hydroxyl groups is 1. The summed E-state index contributed by atoms with van der Waals surface area (Å²) >= 11 is 0. The molecule has 0 aromatic heterocycles. The Morgan fingerprint density at radius 3 is 2.72 bits per heavy atom.